The third-order valence-electron chi connectivity index (χ3n) is 4.36. The molecule has 0 unspecified atom stereocenters. The molecule has 1 heterocycles. The van der Waals surface area contributed by atoms with E-state index in [1.165, 1.54) is 16.4 Å². The maximum absolute atomic E-state index is 12.6. The van der Waals surface area contributed by atoms with Gasteiger partial charge in [0.2, 0.25) is 10.0 Å². The molecule has 0 aromatic heterocycles. The molecular weight excluding hydrogens is 426 g/mol. The van der Waals surface area contributed by atoms with Crippen LogP contribution in [0.4, 0.5) is 5.69 Å². The fraction of sp³-hybridized carbons (Fsp3) is 0.300. The summed E-state index contributed by atoms with van der Waals surface area (Å²) < 4.78 is 37.3. The van der Waals surface area contributed by atoms with E-state index in [0.29, 0.717) is 37.7 Å². The number of aryl methyl sites for hydroxylation is 1. The second kappa shape index (κ2) is 9.98. The number of ether oxygens (including phenoxy) is 2. The maximum atomic E-state index is 12.6. The van der Waals surface area contributed by atoms with Gasteiger partial charge in [0.25, 0.3) is 5.91 Å². The first-order valence-electron chi connectivity index (χ1n) is 9.33. The molecule has 0 saturated carbocycles. The second-order valence-electron chi connectivity index (χ2n) is 6.64. The molecule has 3 rings (SSSR count). The third-order valence-corrected chi connectivity index (χ3v) is 6.48. The predicted molar refractivity (Wildman–Crippen MR) is 117 cm³/mol. The van der Waals surface area contributed by atoms with Gasteiger partial charge in [-0.15, -0.1) is 0 Å². The lowest BCUT2D eigenvalue weighted by Crippen LogP contribution is -2.40. The van der Waals surface area contributed by atoms with E-state index in [1.807, 2.05) is 19.1 Å². The van der Waals surface area contributed by atoms with Gasteiger partial charge in [-0.1, -0.05) is 17.7 Å². The van der Waals surface area contributed by atoms with Crippen LogP contribution in [0.3, 0.4) is 0 Å². The van der Waals surface area contributed by atoms with Crippen LogP contribution in [0.25, 0.3) is 0 Å². The van der Waals surface area contributed by atoms with Gasteiger partial charge in [0, 0.05) is 18.8 Å². The Morgan fingerprint density at radius 2 is 1.73 bits per heavy atom. The first-order chi connectivity index (χ1) is 14.3. The number of hydrogen-bond donors (Lipinski definition) is 2. The Bertz CT molecular complexity index is 986. The van der Waals surface area contributed by atoms with Gasteiger partial charge in [-0.05, 0) is 55.5 Å². The highest BCUT2D eigenvalue weighted by Gasteiger charge is 2.26. The minimum absolute atomic E-state index is 0.0938. The Hall–Kier alpha value is -2.53. The summed E-state index contributed by atoms with van der Waals surface area (Å²) >= 11 is 5.13. The average Bonchev–Trinajstić information content (AvgIpc) is 2.74. The number of benzene rings is 2. The molecule has 2 aromatic rings. The molecule has 160 valence electrons. The molecule has 30 heavy (non-hydrogen) atoms. The molecule has 10 heteroatoms. The lowest BCUT2D eigenvalue weighted by Gasteiger charge is -2.26. The summed E-state index contributed by atoms with van der Waals surface area (Å²) in [5.41, 5.74) is 1.65. The van der Waals surface area contributed by atoms with Crippen LogP contribution in [0.5, 0.6) is 5.75 Å². The van der Waals surface area contributed by atoms with Crippen molar-refractivity contribution in [3.63, 3.8) is 0 Å². The first kappa shape index (κ1) is 22.2. The Labute approximate surface area is 181 Å². The minimum atomic E-state index is -3.56. The number of nitrogens with zero attached hydrogens (tertiary/aromatic N) is 1. The molecule has 8 nitrogen and oxygen atoms in total. The van der Waals surface area contributed by atoms with Gasteiger partial charge in [0.05, 0.1) is 18.1 Å². The van der Waals surface area contributed by atoms with Gasteiger partial charge in [0.15, 0.2) is 11.7 Å². The number of hydrogen-bond acceptors (Lipinski definition) is 6. The molecule has 1 saturated heterocycles. The van der Waals surface area contributed by atoms with E-state index in [0.717, 1.165) is 5.56 Å². The van der Waals surface area contributed by atoms with Crippen LogP contribution in [0.15, 0.2) is 53.4 Å². The average molecular weight is 450 g/mol. The third kappa shape index (κ3) is 5.99. The highest BCUT2D eigenvalue weighted by molar-refractivity contribution is 7.89. The first-order valence-corrected chi connectivity index (χ1v) is 11.2. The maximum Gasteiger partial charge on any atom is 0.264 e. The summed E-state index contributed by atoms with van der Waals surface area (Å²) in [7, 11) is -3.56. The molecule has 0 spiro atoms. The Balaban J connectivity index is 1.50. The summed E-state index contributed by atoms with van der Waals surface area (Å²) in [5.74, 6) is 0.186. The SMILES string of the molecule is Cc1ccc(OCC(=O)NC(=S)Nc2ccc(S(=O)(=O)N3CCOCC3)cc2)cc1. The van der Waals surface area contributed by atoms with Gasteiger partial charge < -0.3 is 14.8 Å². The van der Waals surface area contributed by atoms with E-state index in [2.05, 4.69) is 10.6 Å². The Kier molecular flexibility index (Phi) is 7.38. The van der Waals surface area contributed by atoms with Gasteiger partial charge >= 0.3 is 0 Å². The quantitative estimate of drug-likeness (QED) is 0.650. The van der Waals surface area contributed by atoms with Crippen LogP contribution in [0.1, 0.15) is 5.56 Å². The van der Waals surface area contributed by atoms with Gasteiger partial charge in [-0.3, -0.25) is 10.1 Å². The second-order valence-corrected chi connectivity index (χ2v) is 8.99. The van der Waals surface area contributed by atoms with Crippen molar-refractivity contribution in [2.75, 3.05) is 38.2 Å². The number of sulfonamides is 1. The number of carbonyl (C=O) groups excluding carboxylic acids is 1. The zero-order chi connectivity index (χ0) is 21.6. The highest BCUT2D eigenvalue weighted by atomic mass is 32.2. The lowest BCUT2D eigenvalue weighted by molar-refractivity contribution is -0.121. The van der Waals surface area contributed by atoms with Crippen molar-refractivity contribution in [2.45, 2.75) is 11.8 Å². The molecule has 1 aliphatic rings. The fourth-order valence-corrected chi connectivity index (χ4v) is 4.39. The zero-order valence-electron chi connectivity index (χ0n) is 16.5. The molecule has 1 fully saturated rings. The van der Waals surface area contributed by atoms with Crippen molar-refractivity contribution >= 4 is 38.9 Å². The van der Waals surface area contributed by atoms with Gasteiger partial charge in [-0.2, -0.15) is 4.31 Å². The summed E-state index contributed by atoms with van der Waals surface area (Å²) in [6, 6.07) is 13.5. The molecular formula is C20H23N3O5S2. The molecule has 2 aromatic carbocycles. The molecule has 2 N–H and O–H groups in total. The standard InChI is InChI=1S/C20H23N3O5S2/c1-15-2-6-17(7-3-15)28-14-19(24)22-20(29)21-16-4-8-18(9-5-16)30(25,26)23-10-12-27-13-11-23/h2-9H,10-14H2,1H3,(H2,21,22,24,29). The molecule has 0 radical (unpaired) electrons. The highest BCUT2D eigenvalue weighted by Crippen LogP contribution is 2.19. The monoisotopic (exact) mass is 449 g/mol. The number of thiocarbonyl (C=S) groups is 1. The molecule has 1 amide bonds. The zero-order valence-corrected chi connectivity index (χ0v) is 18.1. The van der Waals surface area contributed by atoms with Crippen LogP contribution >= 0.6 is 12.2 Å². The van der Waals surface area contributed by atoms with Crippen LogP contribution < -0.4 is 15.4 Å². The largest absolute Gasteiger partial charge is 0.484 e. The fourth-order valence-electron chi connectivity index (χ4n) is 2.75. The van der Waals surface area contributed by atoms with E-state index in [9.17, 15) is 13.2 Å². The van der Waals surface area contributed by atoms with Crippen LogP contribution in [0, 0.1) is 6.92 Å². The topological polar surface area (TPSA) is 97.0 Å². The minimum Gasteiger partial charge on any atom is -0.484 e. The number of carbonyl (C=O) groups is 1. The van der Waals surface area contributed by atoms with Crippen LogP contribution in [0.2, 0.25) is 0 Å². The molecule has 0 aliphatic carbocycles. The van der Waals surface area contributed by atoms with Crippen molar-refractivity contribution in [2.24, 2.45) is 0 Å². The van der Waals surface area contributed by atoms with Crippen molar-refractivity contribution in [1.29, 1.82) is 0 Å². The van der Waals surface area contributed by atoms with Crippen LogP contribution in [-0.4, -0.2) is 56.7 Å². The van der Waals surface area contributed by atoms with E-state index < -0.39 is 15.9 Å². The van der Waals surface area contributed by atoms with Crippen molar-refractivity contribution in [3.05, 3.63) is 54.1 Å². The van der Waals surface area contributed by atoms with Gasteiger partial charge in [-0.25, -0.2) is 8.42 Å². The predicted octanol–water partition coefficient (Wildman–Crippen LogP) is 1.91. The Morgan fingerprint density at radius 1 is 1.10 bits per heavy atom. The van der Waals surface area contributed by atoms with Crippen molar-refractivity contribution in [1.82, 2.24) is 9.62 Å². The van der Waals surface area contributed by atoms with Crippen LogP contribution in [-0.2, 0) is 19.6 Å². The summed E-state index contributed by atoms with van der Waals surface area (Å²) in [4.78, 5) is 12.2. The number of anilines is 1. The van der Waals surface area contributed by atoms with E-state index in [4.69, 9.17) is 21.7 Å². The number of morpholine rings is 1. The molecule has 0 bridgehead atoms. The van der Waals surface area contributed by atoms with Gasteiger partial charge in [0.1, 0.15) is 5.75 Å². The number of nitrogens with one attached hydrogen (secondary N) is 2. The van der Waals surface area contributed by atoms with Crippen molar-refractivity contribution in [3.8, 4) is 5.75 Å². The summed E-state index contributed by atoms with van der Waals surface area (Å²) in [6.45, 7) is 3.24. The smallest absolute Gasteiger partial charge is 0.264 e. The number of rotatable bonds is 6. The summed E-state index contributed by atoms with van der Waals surface area (Å²) in [6.07, 6.45) is 0. The normalized spacial score (nSPS) is 14.7. The van der Waals surface area contributed by atoms with Crippen molar-refractivity contribution < 1.29 is 22.7 Å². The van der Waals surface area contributed by atoms with E-state index in [-0.39, 0.29) is 16.6 Å². The van der Waals surface area contributed by atoms with E-state index >= 15 is 0 Å². The number of amides is 1. The molecule has 1 aliphatic heterocycles. The summed E-state index contributed by atoms with van der Waals surface area (Å²) in [5, 5.41) is 5.47. The lowest BCUT2D eigenvalue weighted by atomic mass is 10.2. The van der Waals surface area contributed by atoms with E-state index in [1.54, 1.807) is 24.3 Å². The molecule has 0 atom stereocenters. The Morgan fingerprint density at radius 3 is 2.37 bits per heavy atom.